The average molecular weight is 241 g/mol. The van der Waals surface area contributed by atoms with Crippen LogP contribution in [0, 0.1) is 10.8 Å². The largest absolute Gasteiger partial charge is 0.315 e. The number of hydrogen-bond acceptors (Lipinski definition) is 3. The summed E-state index contributed by atoms with van der Waals surface area (Å²) in [5.41, 5.74) is 0.671. The third-order valence-electron chi connectivity index (χ3n) is 4.62. The maximum atomic E-state index is 3.65. The zero-order chi connectivity index (χ0) is 13.1. The lowest BCUT2D eigenvalue weighted by atomic mass is 9.69. The van der Waals surface area contributed by atoms with Crippen LogP contribution in [0.3, 0.4) is 0 Å². The first-order valence-electron chi connectivity index (χ1n) is 6.86. The topological polar surface area (TPSA) is 27.3 Å². The van der Waals surface area contributed by atoms with Crippen molar-refractivity contribution in [2.24, 2.45) is 10.8 Å². The molecule has 1 saturated heterocycles. The van der Waals surface area contributed by atoms with Gasteiger partial charge in [-0.05, 0) is 17.9 Å². The first-order valence-corrected chi connectivity index (χ1v) is 6.86. The molecule has 0 spiro atoms. The molecule has 0 aliphatic carbocycles. The molecule has 0 aromatic carbocycles. The maximum Gasteiger partial charge on any atom is 0.0342 e. The van der Waals surface area contributed by atoms with E-state index in [-0.39, 0.29) is 0 Å². The van der Waals surface area contributed by atoms with Crippen LogP contribution in [0.15, 0.2) is 0 Å². The lowest BCUT2D eigenvalue weighted by Gasteiger charge is -2.40. The van der Waals surface area contributed by atoms with Gasteiger partial charge in [0, 0.05) is 38.8 Å². The molecule has 1 atom stereocenters. The fourth-order valence-corrected chi connectivity index (χ4v) is 1.91. The van der Waals surface area contributed by atoms with Gasteiger partial charge in [0.1, 0.15) is 0 Å². The van der Waals surface area contributed by atoms with E-state index >= 15 is 0 Å². The second kappa shape index (κ2) is 5.68. The summed E-state index contributed by atoms with van der Waals surface area (Å²) >= 11 is 0. The predicted octanol–water partition coefficient (Wildman–Crippen LogP) is 1.55. The molecule has 0 amide bonds. The molecule has 1 unspecified atom stereocenters. The minimum absolute atomic E-state index is 0.327. The summed E-state index contributed by atoms with van der Waals surface area (Å²) in [6, 6.07) is 0.638. The van der Waals surface area contributed by atoms with E-state index in [9.17, 15) is 0 Å². The summed E-state index contributed by atoms with van der Waals surface area (Å²) in [6.45, 7) is 17.2. The smallest absolute Gasteiger partial charge is 0.0342 e. The molecule has 0 aromatic rings. The van der Waals surface area contributed by atoms with Crippen molar-refractivity contribution in [2.75, 3.05) is 39.8 Å². The van der Waals surface area contributed by atoms with Crippen LogP contribution in [0.1, 0.15) is 34.6 Å². The van der Waals surface area contributed by atoms with Crippen molar-refractivity contribution in [2.45, 2.75) is 40.7 Å². The Labute approximate surface area is 107 Å². The van der Waals surface area contributed by atoms with Crippen LogP contribution in [-0.4, -0.2) is 50.7 Å². The van der Waals surface area contributed by atoms with Crippen molar-refractivity contribution < 1.29 is 0 Å². The zero-order valence-electron chi connectivity index (χ0n) is 12.6. The Kier molecular flexibility index (Phi) is 4.99. The highest BCUT2D eigenvalue weighted by molar-refractivity contribution is 4.86. The molecule has 1 aliphatic rings. The van der Waals surface area contributed by atoms with Gasteiger partial charge in [0.2, 0.25) is 0 Å². The van der Waals surface area contributed by atoms with Gasteiger partial charge < -0.3 is 10.6 Å². The molecule has 3 nitrogen and oxygen atoms in total. The van der Waals surface area contributed by atoms with Crippen molar-refractivity contribution in [1.82, 2.24) is 15.5 Å². The van der Waals surface area contributed by atoms with Gasteiger partial charge in [-0.25, -0.2) is 0 Å². The lowest BCUT2D eigenvalue weighted by molar-refractivity contribution is 0.121. The molecular formula is C14H31N3. The molecular weight excluding hydrogens is 210 g/mol. The van der Waals surface area contributed by atoms with E-state index in [1.54, 1.807) is 0 Å². The monoisotopic (exact) mass is 241 g/mol. The molecule has 1 aliphatic heterocycles. The second-order valence-corrected chi connectivity index (χ2v) is 7.10. The lowest BCUT2D eigenvalue weighted by Crippen LogP contribution is -2.54. The third-order valence-corrected chi connectivity index (χ3v) is 4.62. The van der Waals surface area contributed by atoms with E-state index in [2.05, 4.69) is 57.2 Å². The standard InChI is InChI=1S/C14H31N3/c1-13(2,3)14(4,5)11-16-10-12-9-15-7-8-17(12)6/h12,15-16H,7-11H2,1-6H3. The highest BCUT2D eigenvalue weighted by Gasteiger charge is 2.32. The van der Waals surface area contributed by atoms with Crippen LogP contribution in [-0.2, 0) is 0 Å². The summed E-state index contributed by atoms with van der Waals surface area (Å²) in [5, 5.41) is 7.11. The molecule has 102 valence electrons. The minimum atomic E-state index is 0.327. The number of hydrogen-bond donors (Lipinski definition) is 2. The highest BCUT2D eigenvalue weighted by atomic mass is 15.2. The van der Waals surface area contributed by atoms with Crippen LogP contribution >= 0.6 is 0 Å². The molecule has 1 heterocycles. The van der Waals surface area contributed by atoms with Gasteiger partial charge in [0.25, 0.3) is 0 Å². The van der Waals surface area contributed by atoms with E-state index in [4.69, 9.17) is 0 Å². The van der Waals surface area contributed by atoms with Gasteiger partial charge in [0.05, 0.1) is 0 Å². The molecule has 0 radical (unpaired) electrons. The number of nitrogens with one attached hydrogen (secondary N) is 2. The zero-order valence-corrected chi connectivity index (χ0v) is 12.6. The summed E-state index contributed by atoms with van der Waals surface area (Å²) in [7, 11) is 2.22. The van der Waals surface area contributed by atoms with Crippen LogP contribution in [0.5, 0.6) is 0 Å². The van der Waals surface area contributed by atoms with Crippen molar-refractivity contribution >= 4 is 0 Å². The van der Waals surface area contributed by atoms with Crippen LogP contribution in [0.2, 0.25) is 0 Å². The molecule has 0 aromatic heterocycles. The Morgan fingerprint density at radius 2 is 1.88 bits per heavy atom. The number of rotatable bonds is 4. The highest BCUT2D eigenvalue weighted by Crippen LogP contribution is 2.36. The molecule has 0 saturated carbocycles. The molecule has 1 fully saturated rings. The Bertz CT molecular complexity index is 230. The quantitative estimate of drug-likeness (QED) is 0.782. The van der Waals surface area contributed by atoms with Gasteiger partial charge >= 0.3 is 0 Å². The van der Waals surface area contributed by atoms with Gasteiger partial charge in [0.15, 0.2) is 0 Å². The fourth-order valence-electron chi connectivity index (χ4n) is 1.91. The number of nitrogens with zero attached hydrogens (tertiary/aromatic N) is 1. The Balaban J connectivity index is 2.32. The molecule has 17 heavy (non-hydrogen) atoms. The third kappa shape index (κ3) is 4.23. The summed E-state index contributed by atoms with van der Waals surface area (Å²) in [6.07, 6.45) is 0. The molecule has 3 heteroatoms. The van der Waals surface area contributed by atoms with Crippen molar-refractivity contribution in [3.8, 4) is 0 Å². The average Bonchev–Trinajstić information content (AvgIpc) is 2.19. The van der Waals surface area contributed by atoms with E-state index in [0.29, 0.717) is 16.9 Å². The van der Waals surface area contributed by atoms with Crippen LogP contribution in [0.25, 0.3) is 0 Å². The van der Waals surface area contributed by atoms with Crippen molar-refractivity contribution in [3.05, 3.63) is 0 Å². The van der Waals surface area contributed by atoms with Gasteiger partial charge in [-0.3, -0.25) is 4.90 Å². The molecule has 0 bridgehead atoms. The number of likely N-dealkylation sites (N-methyl/N-ethyl adjacent to an activating group) is 1. The summed E-state index contributed by atoms with van der Waals surface area (Å²) in [4.78, 5) is 2.45. The fraction of sp³-hybridized carbons (Fsp3) is 1.00. The Hall–Kier alpha value is -0.120. The Morgan fingerprint density at radius 3 is 2.41 bits per heavy atom. The minimum Gasteiger partial charge on any atom is -0.315 e. The van der Waals surface area contributed by atoms with E-state index in [0.717, 1.165) is 32.7 Å². The Morgan fingerprint density at radius 1 is 1.24 bits per heavy atom. The van der Waals surface area contributed by atoms with E-state index < -0.39 is 0 Å². The molecule has 2 N–H and O–H groups in total. The maximum absolute atomic E-state index is 3.65. The van der Waals surface area contributed by atoms with Crippen LogP contribution in [0.4, 0.5) is 0 Å². The van der Waals surface area contributed by atoms with Crippen molar-refractivity contribution in [1.29, 1.82) is 0 Å². The van der Waals surface area contributed by atoms with Crippen molar-refractivity contribution in [3.63, 3.8) is 0 Å². The first-order chi connectivity index (χ1) is 7.74. The van der Waals surface area contributed by atoms with Gasteiger partial charge in [-0.1, -0.05) is 34.6 Å². The predicted molar refractivity (Wildman–Crippen MR) is 75.4 cm³/mol. The van der Waals surface area contributed by atoms with Gasteiger partial charge in [-0.2, -0.15) is 0 Å². The number of piperazine rings is 1. The van der Waals surface area contributed by atoms with E-state index in [1.807, 2.05) is 0 Å². The first kappa shape index (κ1) is 14.9. The SMILES string of the molecule is CN1CCNCC1CNCC(C)(C)C(C)(C)C. The second-order valence-electron chi connectivity index (χ2n) is 7.10. The molecule has 1 rings (SSSR count). The summed E-state index contributed by atoms with van der Waals surface area (Å²) < 4.78 is 0. The summed E-state index contributed by atoms with van der Waals surface area (Å²) in [5.74, 6) is 0. The normalized spacial score (nSPS) is 24.0. The van der Waals surface area contributed by atoms with Crippen LogP contribution < -0.4 is 10.6 Å². The van der Waals surface area contributed by atoms with Gasteiger partial charge in [-0.15, -0.1) is 0 Å². The van der Waals surface area contributed by atoms with E-state index in [1.165, 1.54) is 0 Å².